The minimum atomic E-state index is -0.394. The summed E-state index contributed by atoms with van der Waals surface area (Å²) in [6.07, 6.45) is 0.216. The SMILES string of the molecule is Cc1nc(C(=O)NCC(C)(C)CC(C)O)no1. The molecular formula is C11H19N3O3. The highest BCUT2D eigenvalue weighted by molar-refractivity contribution is 5.90. The van der Waals surface area contributed by atoms with E-state index < -0.39 is 6.10 Å². The highest BCUT2D eigenvalue weighted by Gasteiger charge is 2.22. The van der Waals surface area contributed by atoms with Gasteiger partial charge >= 0.3 is 0 Å². The molecule has 1 unspecified atom stereocenters. The van der Waals surface area contributed by atoms with Gasteiger partial charge in [-0.05, 0) is 18.8 Å². The van der Waals surface area contributed by atoms with Crippen molar-refractivity contribution < 1.29 is 14.4 Å². The summed E-state index contributed by atoms with van der Waals surface area (Å²) in [6, 6.07) is 0. The lowest BCUT2D eigenvalue weighted by Gasteiger charge is -2.25. The molecule has 0 aliphatic heterocycles. The molecule has 0 bridgehead atoms. The molecule has 1 aromatic heterocycles. The molecule has 0 aliphatic carbocycles. The Hall–Kier alpha value is -1.43. The zero-order chi connectivity index (χ0) is 13.1. The average molecular weight is 241 g/mol. The Labute approximate surface area is 100 Å². The van der Waals surface area contributed by atoms with E-state index in [4.69, 9.17) is 4.52 Å². The monoisotopic (exact) mass is 241 g/mol. The average Bonchev–Trinajstić information content (AvgIpc) is 2.59. The van der Waals surface area contributed by atoms with Gasteiger partial charge in [0.2, 0.25) is 5.89 Å². The van der Waals surface area contributed by atoms with E-state index in [-0.39, 0.29) is 17.1 Å². The topological polar surface area (TPSA) is 88.2 Å². The van der Waals surface area contributed by atoms with E-state index in [2.05, 4.69) is 15.5 Å². The third-order valence-corrected chi connectivity index (χ3v) is 2.31. The van der Waals surface area contributed by atoms with Crippen LogP contribution in [0, 0.1) is 12.3 Å². The molecule has 6 nitrogen and oxygen atoms in total. The van der Waals surface area contributed by atoms with E-state index in [1.807, 2.05) is 13.8 Å². The van der Waals surface area contributed by atoms with E-state index >= 15 is 0 Å². The Morgan fingerprint density at radius 3 is 2.71 bits per heavy atom. The van der Waals surface area contributed by atoms with Crippen molar-refractivity contribution in [2.24, 2.45) is 5.41 Å². The highest BCUT2D eigenvalue weighted by Crippen LogP contribution is 2.21. The van der Waals surface area contributed by atoms with Gasteiger partial charge in [-0.2, -0.15) is 4.98 Å². The molecule has 0 aliphatic rings. The molecule has 1 aromatic rings. The Morgan fingerprint density at radius 2 is 2.24 bits per heavy atom. The summed E-state index contributed by atoms with van der Waals surface area (Å²) in [5, 5.41) is 15.6. The van der Waals surface area contributed by atoms with Crippen LogP contribution in [-0.4, -0.2) is 33.8 Å². The van der Waals surface area contributed by atoms with Crippen molar-refractivity contribution in [1.29, 1.82) is 0 Å². The minimum absolute atomic E-state index is 0.0374. The first-order valence-corrected chi connectivity index (χ1v) is 5.57. The predicted octanol–water partition coefficient (Wildman–Crippen LogP) is 0.905. The standard InChI is InChI=1S/C11H19N3O3/c1-7(15)5-11(3,4)6-12-10(16)9-13-8(2)17-14-9/h7,15H,5-6H2,1-4H3,(H,12,16). The molecule has 0 aromatic carbocycles. The van der Waals surface area contributed by atoms with Crippen molar-refractivity contribution in [3.63, 3.8) is 0 Å². The van der Waals surface area contributed by atoms with Gasteiger partial charge in [-0.3, -0.25) is 4.79 Å². The predicted molar refractivity (Wildman–Crippen MR) is 61.4 cm³/mol. The van der Waals surface area contributed by atoms with Gasteiger partial charge in [-0.15, -0.1) is 0 Å². The van der Waals surface area contributed by atoms with E-state index in [0.29, 0.717) is 18.9 Å². The summed E-state index contributed by atoms with van der Waals surface area (Å²) in [5.41, 5.74) is -0.178. The van der Waals surface area contributed by atoms with Gasteiger partial charge in [0.25, 0.3) is 11.7 Å². The second kappa shape index (κ2) is 5.27. The van der Waals surface area contributed by atoms with Gasteiger partial charge in [0.15, 0.2) is 0 Å². The number of aryl methyl sites for hydroxylation is 1. The van der Waals surface area contributed by atoms with Crippen molar-refractivity contribution in [2.75, 3.05) is 6.54 Å². The van der Waals surface area contributed by atoms with E-state index in [1.165, 1.54) is 0 Å². The number of nitrogens with zero attached hydrogens (tertiary/aromatic N) is 2. The Kier molecular flexibility index (Phi) is 4.22. The first-order chi connectivity index (χ1) is 7.80. The van der Waals surface area contributed by atoms with Crippen LogP contribution in [0.25, 0.3) is 0 Å². The van der Waals surface area contributed by atoms with E-state index in [9.17, 15) is 9.90 Å². The number of amides is 1. The van der Waals surface area contributed by atoms with Crippen LogP contribution in [0.2, 0.25) is 0 Å². The fourth-order valence-electron chi connectivity index (χ4n) is 1.66. The van der Waals surface area contributed by atoms with Crippen LogP contribution >= 0.6 is 0 Å². The lowest BCUT2D eigenvalue weighted by atomic mass is 9.87. The van der Waals surface area contributed by atoms with Crippen molar-refractivity contribution in [2.45, 2.75) is 40.2 Å². The summed E-state index contributed by atoms with van der Waals surface area (Å²) < 4.78 is 4.72. The first-order valence-electron chi connectivity index (χ1n) is 5.57. The summed E-state index contributed by atoms with van der Waals surface area (Å²) in [7, 11) is 0. The number of carbonyl (C=O) groups is 1. The summed E-state index contributed by atoms with van der Waals surface area (Å²) >= 11 is 0. The summed E-state index contributed by atoms with van der Waals surface area (Å²) in [5.74, 6) is 0.0363. The third-order valence-electron chi connectivity index (χ3n) is 2.31. The normalized spacial score (nSPS) is 13.5. The largest absolute Gasteiger partial charge is 0.393 e. The van der Waals surface area contributed by atoms with E-state index in [1.54, 1.807) is 13.8 Å². The molecule has 1 atom stereocenters. The van der Waals surface area contributed by atoms with Gasteiger partial charge in [0, 0.05) is 13.5 Å². The highest BCUT2D eigenvalue weighted by atomic mass is 16.5. The summed E-state index contributed by atoms with van der Waals surface area (Å²) in [6.45, 7) is 7.75. The van der Waals surface area contributed by atoms with Gasteiger partial charge in [-0.25, -0.2) is 0 Å². The van der Waals surface area contributed by atoms with Crippen molar-refractivity contribution in [1.82, 2.24) is 15.5 Å². The number of aromatic nitrogens is 2. The van der Waals surface area contributed by atoms with Crippen LogP contribution in [0.4, 0.5) is 0 Å². The third kappa shape index (κ3) is 4.52. The fraction of sp³-hybridized carbons (Fsp3) is 0.727. The van der Waals surface area contributed by atoms with Crippen molar-refractivity contribution >= 4 is 5.91 Å². The van der Waals surface area contributed by atoms with Gasteiger partial charge in [0.1, 0.15) is 0 Å². The number of hydrogen-bond acceptors (Lipinski definition) is 5. The quantitative estimate of drug-likeness (QED) is 0.799. The molecule has 0 radical (unpaired) electrons. The van der Waals surface area contributed by atoms with Gasteiger partial charge in [-0.1, -0.05) is 19.0 Å². The maximum absolute atomic E-state index is 11.6. The zero-order valence-corrected chi connectivity index (χ0v) is 10.6. The fourth-order valence-corrected chi connectivity index (χ4v) is 1.66. The molecule has 0 fully saturated rings. The maximum atomic E-state index is 11.6. The van der Waals surface area contributed by atoms with Crippen molar-refractivity contribution in [3.05, 3.63) is 11.7 Å². The molecule has 0 saturated heterocycles. The molecule has 1 heterocycles. The Balaban J connectivity index is 2.48. The number of carbonyl (C=O) groups excluding carboxylic acids is 1. The van der Waals surface area contributed by atoms with E-state index in [0.717, 1.165) is 0 Å². The van der Waals surface area contributed by atoms with Gasteiger partial charge < -0.3 is 14.9 Å². The molecule has 96 valence electrons. The molecular weight excluding hydrogens is 222 g/mol. The Morgan fingerprint density at radius 1 is 1.59 bits per heavy atom. The Bertz CT molecular complexity index is 385. The molecule has 2 N–H and O–H groups in total. The van der Waals surface area contributed by atoms with Crippen LogP contribution in [0.5, 0.6) is 0 Å². The molecule has 0 saturated carbocycles. The maximum Gasteiger partial charge on any atom is 0.292 e. The van der Waals surface area contributed by atoms with Crippen LogP contribution in [0.15, 0.2) is 4.52 Å². The molecule has 6 heteroatoms. The number of hydrogen-bond donors (Lipinski definition) is 2. The second-order valence-corrected chi connectivity index (χ2v) is 5.04. The number of rotatable bonds is 5. The molecule has 0 spiro atoms. The minimum Gasteiger partial charge on any atom is -0.393 e. The van der Waals surface area contributed by atoms with Gasteiger partial charge in [0.05, 0.1) is 6.10 Å². The number of aliphatic hydroxyl groups excluding tert-OH is 1. The lowest BCUT2D eigenvalue weighted by Crippen LogP contribution is -2.36. The van der Waals surface area contributed by atoms with Crippen LogP contribution in [-0.2, 0) is 0 Å². The molecule has 1 amide bonds. The molecule has 17 heavy (non-hydrogen) atoms. The lowest BCUT2D eigenvalue weighted by molar-refractivity contribution is 0.0889. The molecule has 1 rings (SSSR count). The summed E-state index contributed by atoms with van der Waals surface area (Å²) in [4.78, 5) is 15.5. The first kappa shape index (κ1) is 13.6. The van der Waals surface area contributed by atoms with Crippen LogP contribution < -0.4 is 5.32 Å². The van der Waals surface area contributed by atoms with Crippen LogP contribution in [0.1, 0.15) is 43.7 Å². The number of nitrogens with one attached hydrogen (secondary N) is 1. The number of aliphatic hydroxyl groups is 1. The van der Waals surface area contributed by atoms with Crippen molar-refractivity contribution in [3.8, 4) is 0 Å². The zero-order valence-electron chi connectivity index (χ0n) is 10.6. The van der Waals surface area contributed by atoms with Crippen LogP contribution in [0.3, 0.4) is 0 Å². The smallest absolute Gasteiger partial charge is 0.292 e. The second-order valence-electron chi connectivity index (χ2n) is 5.04.